The van der Waals surface area contributed by atoms with Crippen molar-refractivity contribution in [2.45, 2.75) is 32.4 Å². The van der Waals surface area contributed by atoms with Gasteiger partial charge in [0.15, 0.2) is 0 Å². The zero-order chi connectivity index (χ0) is 16.8. The summed E-state index contributed by atoms with van der Waals surface area (Å²) in [5.41, 5.74) is 2.98. The Kier molecular flexibility index (Phi) is 5.45. The largest absolute Gasteiger partial charge is 0.367 e. The van der Waals surface area contributed by atoms with Crippen LogP contribution in [0.15, 0.2) is 48.7 Å². The molecule has 1 saturated heterocycles. The molecular weight excluding hydrogens is 296 g/mol. The molecule has 0 spiro atoms. The smallest absolute Gasteiger partial charge is 0.140 e. The number of hydrogen-bond acceptors (Lipinski definition) is 4. The standard InChI is InChI=1S/C20H24N4/c1-2-6-20-16-24(19-10-9-18(13-21)22-14-19)12-11-23(20)15-17-7-4-3-5-8-17/h3-5,7-10,14,20H,2,6,11-12,15-16H2,1H3. The summed E-state index contributed by atoms with van der Waals surface area (Å²) >= 11 is 0. The van der Waals surface area contributed by atoms with Crippen molar-refractivity contribution in [3.05, 3.63) is 59.9 Å². The molecule has 0 radical (unpaired) electrons. The highest BCUT2D eigenvalue weighted by Crippen LogP contribution is 2.22. The lowest BCUT2D eigenvalue weighted by atomic mass is 10.0. The zero-order valence-electron chi connectivity index (χ0n) is 14.2. The fourth-order valence-electron chi connectivity index (χ4n) is 3.40. The molecule has 1 aromatic heterocycles. The first-order valence-corrected chi connectivity index (χ1v) is 8.69. The molecule has 1 aliphatic heterocycles. The van der Waals surface area contributed by atoms with Crippen LogP contribution in [0.1, 0.15) is 31.0 Å². The molecular formula is C20H24N4. The van der Waals surface area contributed by atoms with E-state index in [1.54, 1.807) is 6.07 Å². The molecule has 0 amide bonds. The third-order valence-corrected chi connectivity index (χ3v) is 4.68. The summed E-state index contributed by atoms with van der Waals surface area (Å²) in [5.74, 6) is 0. The van der Waals surface area contributed by atoms with E-state index in [1.165, 1.54) is 18.4 Å². The second kappa shape index (κ2) is 7.94. The number of nitriles is 1. The third-order valence-electron chi connectivity index (χ3n) is 4.68. The highest BCUT2D eigenvalue weighted by Gasteiger charge is 2.26. The van der Waals surface area contributed by atoms with Crippen molar-refractivity contribution in [3.63, 3.8) is 0 Å². The highest BCUT2D eigenvalue weighted by atomic mass is 15.3. The SMILES string of the molecule is CCCC1CN(c2ccc(C#N)nc2)CCN1Cc1ccccc1. The fraction of sp³-hybridized carbons (Fsp3) is 0.400. The van der Waals surface area contributed by atoms with Gasteiger partial charge < -0.3 is 4.90 Å². The van der Waals surface area contributed by atoms with Crippen LogP contribution in [0.3, 0.4) is 0 Å². The third kappa shape index (κ3) is 3.93. The number of hydrogen-bond donors (Lipinski definition) is 0. The first-order chi connectivity index (χ1) is 11.8. The van der Waals surface area contributed by atoms with E-state index >= 15 is 0 Å². The molecule has 1 fully saturated rings. The van der Waals surface area contributed by atoms with E-state index in [4.69, 9.17) is 5.26 Å². The maximum absolute atomic E-state index is 8.89. The first kappa shape index (κ1) is 16.5. The molecule has 1 aliphatic rings. The summed E-state index contributed by atoms with van der Waals surface area (Å²) in [7, 11) is 0. The second-order valence-corrected chi connectivity index (χ2v) is 6.36. The molecule has 0 N–H and O–H groups in total. The number of pyridine rings is 1. The minimum Gasteiger partial charge on any atom is -0.367 e. The maximum atomic E-state index is 8.89. The highest BCUT2D eigenvalue weighted by molar-refractivity contribution is 5.46. The average molecular weight is 320 g/mol. The Balaban J connectivity index is 1.69. The Hall–Kier alpha value is -2.38. The zero-order valence-corrected chi connectivity index (χ0v) is 14.2. The fourth-order valence-corrected chi connectivity index (χ4v) is 3.40. The molecule has 0 aliphatic carbocycles. The van der Waals surface area contributed by atoms with Crippen molar-refractivity contribution in [2.75, 3.05) is 24.5 Å². The van der Waals surface area contributed by atoms with Crippen molar-refractivity contribution in [2.24, 2.45) is 0 Å². The quantitative estimate of drug-likeness (QED) is 0.846. The van der Waals surface area contributed by atoms with Gasteiger partial charge in [-0.15, -0.1) is 0 Å². The van der Waals surface area contributed by atoms with Gasteiger partial charge in [-0.2, -0.15) is 5.26 Å². The molecule has 1 unspecified atom stereocenters. The van der Waals surface area contributed by atoms with Crippen molar-refractivity contribution >= 4 is 5.69 Å². The van der Waals surface area contributed by atoms with Gasteiger partial charge in [0.05, 0.1) is 11.9 Å². The average Bonchev–Trinajstić information content (AvgIpc) is 2.64. The van der Waals surface area contributed by atoms with Crippen LogP contribution in [0.5, 0.6) is 0 Å². The number of aromatic nitrogens is 1. The van der Waals surface area contributed by atoms with Crippen LogP contribution in [0.4, 0.5) is 5.69 Å². The van der Waals surface area contributed by atoms with E-state index in [9.17, 15) is 0 Å². The summed E-state index contributed by atoms with van der Waals surface area (Å²) in [4.78, 5) is 9.22. The maximum Gasteiger partial charge on any atom is 0.140 e. The van der Waals surface area contributed by atoms with Gasteiger partial charge in [0.2, 0.25) is 0 Å². The van der Waals surface area contributed by atoms with Crippen LogP contribution in [-0.4, -0.2) is 35.6 Å². The van der Waals surface area contributed by atoms with Crippen molar-refractivity contribution in [1.29, 1.82) is 5.26 Å². The number of piperazine rings is 1. The van der Waals surface area contributed by atoms with Gasteiger partial charge in [0.1, 0.15) is 11.8 Å². The van der Waals surface area contributed by atoms with E-state index in [0.717, 1.165) is 31.9 Å². The van der Waals surface area contributed by atoms with E-state index in [0.29, 0.717) is 11.7 Å². The van der Waals surface area contributed by atoms with Crippen molar-refractivity contribution < 1.29 is 0 Å². The Morgan fingerprint density at radius 3 is 2.67 bits per heavy atom. The molecule has 1 atom stereocenters. The van der Waals surface area contributed by atoms with Crippen LogP contribution < -0.4 is 4.90 Å². The van der Waals surface area contributed by atoms with Crippen molar-refractivity contribution in [3.8, 4) is 6.07 Å². The van der Waals surface area contributed by atoms with Gasteiger partial charge in [-0.3, -0.25) is 4.90 Å². The van der Waals surface area contributed by atoms with E-state index in [-0.39, 0.29) is 0 Å². The van der Waals surface area contributed by atoms with Crippen LogP contribution >= 0.6 is 0 Å². The summed E-state index contributed by atoms with van der Waals surface area (Å²) < 4.78 is 0. The predicted molar refractivity (Wildman–Crippen MR) is 96.7 cm³/mol. The van der Waals surface area contributed by atoms with Gasteiger partial charge in [-0.05, 0) is 24.1 Å². The molecule has 2 aromatic rings. The van der Waals surface area contributed by atoms with Crippen LogP contribution in [-0.2, 0) is 6.54 Å². The molecule has 24 heavy (non-hydrogen) atoms. The van der Waals surface area contributed by atoms with E-state index < -0.39 is 0 Å². The topological polar surface area (TPSA) is 43.2 Å². The normalized spacial score (nSPS) is 18.3. The van der Waals surface area contributed by atoms with E-state index in [2.05, 4.69) is 58.1 Å². The van der Waals surface area contributed by atoms with E-state index in [1.807, 2.05) is 12.3 Å². The summed E-state index contributed by atoms with van der Waals surface area (Å²) in [6.45, 7) is 6.35. The Morgan fingerprint density at radius 1 is 1.17 bits per heavy atom. The first-order valence-electron chi connectivity index (χ1n) is 8.69. The molecule has 0 bridgehead atoms. The lowest BCUT2D eigenvalue weighted by Crippen LogP contribution is -2.52. The molecule has 0 saturated carbocycles. The number of nitrogens with zero attached hydrogens (tertiary/aromatic N) is 4. The number of benzene rings is 1. The molecule has 4 nitrogen and oxygen atoms in total. The minimum absolute atomic E-state index is 0.478. The van der Waals surface area contributed by atoms with Gasteiger partial charge in [0.25, 0.3) is 0 Å². The molecule has 4 heteroatoms. The Labute approximate surface area is 144 Å². The van der Waals surface area contributed by atoms with Crippen LogP contribution in [0.25, 0.3) is 0 Å². The number of anilines is 1. The van der Waals surface area contributed by atoms with Gasteiger partial charge >= 0.3 is 0 Å². The molecule has 124 valence electrons. The summed E-state index contributed by atoms with van der Waals surface area (Å²) in [5, 5.41) is 8.89. The van der Waals surface area contributed by atoms with Gasteiger partial charge in [0, 0.05) is 32.2 Å². The predicted octanol–water partition coefficient (Wildman–Crippen LogP) is 3.44. The Bertz CT molecular complexity index is 675. The molecule has 2 heterocycles. The van der Waals surface area contributed by atoms with Crippen LogP contribution in [0, 0.1) is 11.3 Å². The molecule has 1 aromatic carbocycles. The number of rotatable bonds is 5. The van der Waals surface area contributed by atoms with Crippen molar-refractivity contribution in [1.82, 2.24) is 9.88 Å². The van der Waals surface area contributed by atoms with Crippen LogP contribution in [0.2, 0.25) is 0 Å². The lowest BCUT2D eigenvalue weighted by Gasteiger charge is -2.42. The second-order valence-electron chi connectivity index (χ2n) is 6.36. The lowest BCUT2D eigenvalue weighted by molar-refractivity contribution is 0.159. The van der Waals surface area contributed by atoms with Gasteiger partial charge in [-0.1, -0.05) is 43.7 Å². The Morgan fingerprint density at radius 2 is 2.00 bits per heavy atom. The summed E-state index contributed by atoms with van der Waals surface area (Å²) in [6.07, 6.45) is 4.22. The van der Waals surface area contributed by atoms with Gasteiger partial charge in [-0.25, -0.2) is 4.98 Å². The summed E-state index contributed by atoms with van der Waals surface area (Å²) in [6, 6.07) is 17.2. The monoisotopic (exact) mass is 320 g/mol. The minimum atomic E-state index is 0.478. The molecule has 3 rings (SSSR count).